The molecule has 1 heterocycles. The van der Waals surface area contributed by atoms with Crippen molar-refractivity contribution in [1.29, 1.82) is 0 Å². The van der Waals surface area contributed by atoms with Crippen molar-refractivity contribution in [2.75, 3.05) is 6.61 Å². The molecule has 0 spiro atoms. The van der Waals surface area contributed by atoms with Crippen LogP contribution in [0.5, 0.6) is 5.75 Å². The molecule has 0 fully saturated rings. The highest BCUT2D eigenvalue weighted by molar-refractivity contribution is 7.98. The molecule has 0 aliphatic carbocycles. The van der Waals surface area contributed by atoms with Crippen LogP contribution in [0, 0.1) is 0 Å². The molecule has 0 radical (unpaired) electrons. The average molecular weight is 311 g/mol. The van der Waals surface area contributed by atoms with Gasteiger partial charge in [0.25, 0.3) is 0 Å². The Balaban J connectivity index is 1.69. The van der Waals surface area contributed by atoms with Gasteiger partial charge < -0.3 is 4.74 Å². The van der Waals surface area contributed by atoms with E-state index in [2.05, 4.69) is 16.1 Å². The van der Waals surface area contributed by atoms with Gasteiger partial charge in [-0.3, -0.25) is 0 Å². The molecule has 5 heteroatoms. The third-order valence-electron chi connectivity index (χ3n) is 3.12. The summed E-state index contributed by atoms with van der Waals surface area (Å²) in [6.07, 6.45) is 1.74. The fraction of sp³-hybridized carbons (Fsp3) is 0.176. The van der Waals surface area contributed by atoms with Crippen molar-refractivity contribution in [2.45, 2.75) is 17.8 Å². The first-order valence-corrected chi connectivity index (χ1v) is 8.16. The lowest BCUT2D eigenvalue weighted by Crippen LogP contribution is -1.96. The van der Waals surface area contributed by atoms with E-state index >= 15 is 0 Å². The summed E-state index contributed by atoms with van der Waals surface area (Å²) in [5.74, 6) is 1.72. The maximum absolute atomic E-state index is 5.64. The first kappa shape index (κ1) is 14.7. The van der Waals surface area contributed by atoms with Crippen LogP contribution in [0.2, 0.25) is 0 Å². The minimum atomic E-state index is 0.669. The predicted molar refractivity (Wildman–Crippen MR) is 88.5 cm³/mol. The van der Waals surface area contributed by atoms with Crippen molar-refractivity contribution in [1.82, 2.24) is 14.8 Å². The topological polar surface area (TPSA) is 39.9 Å². The average Bonchev–Trinajstić information content (AvgIpc) is 3.04. The Hall–Kier alpha value is -2.27. The predicted octanol–water partition coefficient (Wildman–Crippen LogP) is 3.96. The number of benzene rings is 2. The lowest BCUT2D eigenvalue weighted by Gasteiger charge is -2.08. The summed E-state index contributed by atoms with van der Waals surface area (Å²) >= 11 is 1.61. The van der Waals surface area contributed by atoms with Crippen LogP contribution in [0.1, 0.15) is 12.5 Å². The summed E-state index contributed by atoms with van der Waals surface area (Å²) in [5.41, 5.74) is 2.17. The summed E-state index contributed by atoms with van der Waals surface area (Å²) in [7, 11) is 0. The molecular formula is C17H17N3OS. The SMILES string of the molecule is CCOc1ccccc1CSc1ncn(-c2ccccc2)n1. The zero-order valence-electron chi connectivity index (χ0n) is 12.3. The van der Waals surface area contributed by atoms with E-state index in [9.17, 15) is 0 Å². The zero-order chi connectivity index (χ0) is 15.2. The molecule has 22 heavy (non-hydrogen) atoms. The van der Waals surface area contributed by atoms with E-state index in [1.54, 1.807) is 22.8 Å². The van der Waals surface area contributed by atoms with Crippen LogP contribution in [0.15, 0.2) is 66.1 Å². The number of hydrogen-bond donors (Lipinski definition) is 0. The molecule has 2 aromatic carbocycles. The molecule has 1 aromatic heterocycles. The smallest absolute Gasteiger partial charge is 0.209 e. The fourth-order valence-electron chi connectivity index (χ4n) is 2.08. The summed E-state index contributed by atoms with van der Waals surface area (Å²) in [4.78, 5) is 4.36. The van der Waals surface area contributed by atoms with Gasteiger partial charge in [-0.1, -0.05) is 48.2 Å². The number of rotatable bonds is 6. The molecule has 0 saturated carbocycles. The van der Waals surface area contributed by atoms with E-state index in [0.29, 0.717) is 6.61 Å². The molecule has 3 rings (SSSR count). The molecule has 0 N–H and O–H groups in total. The van der Waals surface area contributed by atoms with Gasteiger partial charge in [0.1, 0.15) is 12.1 Å². The monoisotopic (exact) mass is 311 g/mol. The Morgan fingerprint density at radius 3 is 2.64 bits per heavy atom. The minimum Gasteiger partial charge on any atom is -0.494 e. The van der Waals surface area contributed by atoms with E-state index in [0.717, 1.165) is 27.9 Å². The van der Waals surface area contributed by atoms with Crippen molar-refractivity contribution >= 4 is 11.8 Å². The summed E-state index contributed by atoms with van der Waals surface area (Å²) in [5, 5.41) is 5.26. The van der Waals surface area contributed by atoms with E-state index in [1.165, 1.54) is 0 Å². The third-order valence-corrected chi connectivity index (χ3v) is 4.02. The van der Waals surface area contributed by atoms with Crippen LogP contribution in [0.25, 0.3) is 5.69 Å². The van der Waals surface area contributed by atoms with Crippen LogP contribution in [0.4, 0.5) is 0 Å². The highest BCUT2D eigenvalue weighted by Crippen LogP contribution is 2.26. The van der Waals surface area contributed by atoms with Gasteiger partial charge in [-0.25, -0.2) is 9.67 Å². The maximum Gasteiger partial charge on any atom is 0.209 e. The summed E-state index contributed by atoms with van der Waals surface area (Å²) in [6, 6.07) is 18.1. The number of ether oxygens (including phenoxy) is 1. The van der Waals surface area contributed by atoms with Crippen molar-refractivity contribution in [3.8, 4) is 11.4 Å². The van der Waals surface area contributed by atoms with Gasteiger partial charge in [0.2, 0.25) is 5.16 Å². The van der Waals surface area contributed by atoms with Crippen LogP contribution in [0.3, 0.4) is 0 Å². The van der Waals surface area contributed by atoms with Crippen LogP contribution in [-0.4, -0.2) is 21.4 Å². The quantitative estimate of drug-likeness (QED) is 0.646. The molecule has 0 aliphatic heterocycles. The Labute approximate surface area is 134 Å². The number of nitrogens with zero attached hydrogens (tertiary/aromatic N) is 3. The third kappa shape index (κ3) is 3.49. The molecule has 0 amide bonds. The lowest BCUT2D eigenvalue weighted by molar-refractivity contribution is 0.337. The van der Waals surface area contributed by atoms with Crippen LogP contribution < -0.4 is 4.74 Å². The number of hydrogen-bond acceptors (Lipinski definition) is 4. The highest BCUT2D eigenvalue weighted by atomic mass is 32.2. The summed E-state index contributed by atoms with van der Waals surface area (Å²) < 4.78 is 7.43. The van der Waals surface area contributed by atoms with E-state index in [4.69, 9.17) is 4.74 Å². The standard InChI is InChI=1S/C17H17N3OS/c1-2-21-16-11-7-6-8-14(16)12-22-17-18-13-20(19-17)15-9-4-3-5-10-15/h3-11,13H,2,12H2,1H3. The van der Waals surface area contributed by atoms with Crippen LogP contribution >= 0.6 is 11.8 Å². The van der Waals surface area contributed by atoms with Crippen molar-refractivity contribution < 1.29 is 4.74 Å². The Kier molecular flexibility index (Phi) is 4.75. The Bertz CT molecular complexity index is 728. The Morgan fingerprint density at radius 1 is 1.05 bits per heavy atom. The number of aromatic nitrogens is 3. The second-order valence-corrected chi connectivity index (χ2v) is 5.58. The minimum absolute atomic E-state index is 0.669. The van der Waals surface area contributed by atoms with Gasteiger partial charge in [0, 0.05) is 11.3 Å². The molecule has 0 bridgehead atoms. The molecule has 0 saturated heterocycles. The Morgan fingerprint density at radius 2 is 1.82 bits per heavy atom. The first-order chi connectivity index (χ1) is 10.9. The van der Waals surface area contributed by atoms with E-state index < -0.39 is 0 Å². The zero-order valence-corrected chi connectivity index (χ0v) is 13.2. The highest BCUT2D eigenvalue weighted by Gasteiger charge is 2.07. The van der Waals surface area contributed by atoms with E-state index in [-0.39, 0.29) is 0 Å². The molecule has 3 aromatic rings. The van der Waals surface area contributed by atoms with Gasteiger partial charge in [-0.05, 0) is 25.1 Å². The largest absolute Gasteiger partial charge is 0.494 e. The molecular weight excluding hydrogens is 294 g/mol. The second kappa shape index (κ2) is 7.13. The molecule has 0 aliphatic rings. The summed E-state index contributed by atoms with van der Waals surface area (Å²) in [6.45, 7) is 2.66. The fourth-order valence-corrected chi connectivity index (χ4v) is 2.87. The van der Waals surface area contributed by atoms with Crippen molar-refractivity contribution in [2.24, 2.45) is 0 Å². The number of para-hydroxylation sites is 2. The van der Waals surface area contributed by atoms with Crippen LogP contribution in [-0.2, 0) is 5.75 Å². The van der Waals surface area contributed by atoms with Crippen molar-refractivity contribution in [3.05, 3.63) is 66.5 Å². The van der Waals surface area contributed by atoms with Gasteiger partial charge in [0.15, 0.2) is 0 Å². The van der Waals surface area contributed by atoms with Gasteiger partial charge in [0.05, 0.1) is 12.3 Å². The van der Waals surface area contributed by atoms with Gasteiger partial charge >= 0.3 is 0 Å². The molecule has 4 nitrogen and oxygen atoms in total. The van der Waals surface area contributed by atoms with E-state index in [1.807, 2.05) is 55.5 Å². The number of thioether (sulfide) groups is 1. The maximum atomic E-state index is 5.64. The first-order valence-electron chi connectivity index (χ1n) is 7.17. The van der Waals surface area contributed by atoms with Gasteiger partial charge in [-0.2, -0.15) is 0 Å². The molecule has 0 atom stereocenters. The second-order valence-electron chi connectivity index (χ2n) is 4.64. The van der Waals surface area contributed by atoms with Crippen molar-refractivity contribution in [3.63, 3.8) is 0 Å². The molecule has 0 unspecified atom stereocenters. The lowest BCUT2D eigenvalue weighted by atomic mass is 10.2. The molecule has 112 valence electrons. The normalized spacial score (nSPS) is 10.6. The van der Waals surface area contributed by atoms with Gasteiger partial charge in [-0.15, -0.1) is 5.10 Å².